The molecule has 0 aromatic heterocycles. The van der Waals surface area contributed by atoms with E-state index in [1.54, 1.807) is 7.11 Å². The molecule has 1 atom stereocenters. The Morgan fingerprint density at radius 1 is 1.09 bits per heavy atom. The van der Waals surface area contributed by atoms with Gasteiger partial charge in [-0.15, -0.1) is 0 Å². The van der Waals surface area contributed by atoms with Gasteiger partial charge in [-0.05, 0) is 38.9 Å². The van der Waals surface area contributed by atoms with Crippen molar-refractivity contribution in [2.45, 2.75) is 40.2 Å². The standard InChI is InChI=1S/C9H13N3O4.C8H10O.C4H9NO.C2H6/c1-2-10-5-6(8(14)7(5)13)11-3-4-12-9(15)16;1-7-3-5-8(9-2)6-4-7;6-4-1-2-5-3-4;1-2/h10-12H,2-4H2,1H3,(H,15,16);3-6H,1-2H3;4-6H,1-3H2;1-2H3. The molecular weight excluding hydrogens is 428 g/mol. The first kappa shape index (κ1) is 29.9. The minimum atomic E-state index is -1.13. The first-order valence-electron chi connectivity index (χ1n) is 11.1. The Labute approximate surface area is 195 Å². The average Bonchev–Trinajstić information content (AvgIpc) is 3.31. The zero-order valence-corrected chi connectivity index (χ0v) is 20.2. The number of hydrogen-bond acceptors (Lipinski definition) is 8. The summed E-state index contributed by atoms with van der Waals surface area (Å²) < 4.78 is 4.97. The topological polar surface area (TPSA) is 149 Å². The Hall–Kier alpha value is -3.11. The molecule has 1 unspecified atom stereocenters. The summed E-state index contributed by atoms with van der Waals surface area (Å²) in [6.07, 6.45) is -0.260. The number of aryl methyl sites for hydroxylation is 1. The maximum absolute atomic E-state index is 11.1. The summed E-state index contributed by atoms with van der Waals surface area (Å²) in [5.41, 5.74) is 0.680. The summed E-state index contributed by atoms with van der Waals surface area (Å²) in [6.45, 7) is 10.6. The predicted octanol–water partition coefficient (Wildman–Crippen LogP) is 1.76. The molecule has 1 aliphatic rings. The number of hydrogen-bond donors (Lipinski definition) is 6. The van der Waals surface area contributed by atoms with Crippen LogP contribution in [0.2, 0.25) is 0 Å². The lowest BCUT2D eigenvalue weighted by Gasteiger charge is -2.13. The number of aliphatic hydroxyl groups is 1. The SMILES string of the molecule is CC.CCNc1c(NCCNC(=O)O)c(=O)c1=O.COc1ccc(C)cc1.OC1CCNC1. The summed E-state index contributed by atoms with van der Waals surface area (Å²) in [6, 6.07) is 7.96. The molecule has 1 aliphatic heterocycles. The molecule has 0 radical (unpaired) electrons. The van der Waals surface area contributed by atoms with Gasteiger partial charge in [0.15, 0.2) is 0 Å². The van der Waals surface area contributed by atoms with Gasteiger partial charge in [0, 0.05) is 26.2 Å². The number of β-amino-alcohol motifs (C(OH)–C–C–N with tert-alkyl or cyclic N) is 1. The molecule has 186 valence electrons. The molecule has 1 fully saturated rings. The number of methoxy groups -OCH3 is 1. The fourth-order valence-electron chi connectivity index (χ4n) is 2.58. The average molecular weight is 467 g/mol. The predicted molar refractivity (Wildman–Crippen MR) is 133 cm³/mol. The van der Waals surface area contributed by atoms with E-state index >= 15 is 0 Å². The van der Waals surface area contributed by atoms with Gasteiger partial charge in [0.1, 0.15) is 17.1 Å². The van der Waals surface area contributed by atoms with Crippen LogP contribution in [-0.4, -0.2) is 62.2 Å². The largest absolute Gasteiger partial charge is 0.497 e. The second kappa shape index (κ2) is 17.4. The maximum Gasteiger partial charge on any atom is 0.404 e. The molecule has 1 heterocycles. The van der Waals surface area contributed by atoms with E-state index in [1.165, 1.54) is 5.56 Å². The normalized spacial score (nSPS) is 13.8. The first-order chi connectivity index (χ1) is 15.8. The highest BCUT2D eigenvalue weighted by Crippen LogP contribution is 2.12. The molecule has 10 nitrogen and oxygen atoms in total. The number of carbonyl (C=O) groups is 1. The molecule has 0 aliphatic carbocycles. The van der Waals surface area contributed by atoms with Gasteiger partial charge in [-0.2, -0.15) is 0 Å². The highest BCUT2D eigenvalue weighted by Gasteiger charge is 2.19. The molecule has 33 heavy (non-hydrogen) atoms. The van der Waals surface area contributed by atoms with Crippen LogP contribution in [0.15, 0.2) is 33.9 Å². The number of carboxylic acid groups (broad SMARTS) is 1. The van der Waals surface area contributed by atoms with Crippen LogP contribution < -0.4 is 36.9 Å². The summed E-state index contributed by atoms with van der Waals surface area (Å²) in [4.78, 5) is 32.3. The van der Waals surface area contributed by atoms with Gasteiger partial charge < -0.3 is 36.2 Å². The third-order valence-corrected chi connectivity index (χ3v) is 4.26. The van der Waals surface area contributed by atoms with Gasteiger partial charge in [0.25, 0.3) is 10.9 Å². The van der Waals surface area contributed by atoms with Crippen LogP contribution in [0.5, 0.6) is 5.75 Å². The van der Waals surface area contributed by atoms with E-state index in [9.17, 15) is 14.4 Å². The second-order valence-electron chi connectivity index (χ2n) is 6.76. The molecule has 2 aromatic carbocycles. The zero-order valence-electron chi connectivity index (χ0n) is 20.2. The fraction of sp³-hybridized carbons (Fsp3) is 0.522. The van der Waals surface area contributed by atoms with E-state index in [1.807, 2.05) is 45.0 Å². The quantitative estimate of drug-likeness (QED) is 0.265. The lowest BCUT2D eigenvalue weighted by molar-refractivity contribution is 0.194. The van der Waals surface area contributed by atoms with Crippen molar-refractivity contribution in [1.82, 2.24) is 10.6 Å². The van der Waals surface area contributed by atoms with Crippen LogP contribution in [0.1, 0.15) is 32.8 Å². The number of ether oxygens (including phenoxy) is 1. The molecule has 3 rings (SSSR count). The minimum Gasteiger partial charge on any atom is -0.497 e. The van der Waals surface area contributed by atoms with Gasteiger partial charge in [-0.1, -0.05) is 31.5 Å². The fourth-order valence-corrected chi connectivity index (χ4v) is 2.58. The van der Waals surface area contributed by atoms with Gasteiger partial charge in [-0.3, -0.25) is 9.59 Å². The molecule has 0 saturated carbocycles. The lowest BCUT2D eigenvalue weighted by Crippen LogP contribution is -2.38. The van der Waals surface area contributed by atoms with E-state index in [0.717, 1.165) is 25.3 Å². The van der Waals surface area contributed by atoms with E-state index in [4.69, 9.17) is 14.9 Å². The zero-order chi connectivity index (χ0) is 25.2. The van der Waals surface area contributed by atoms with Crippen LogP contribution in [-0.2, 0) is 0 Å². The summed E-state index contributed by atoms with van der Waals surface area (Å²) in [5.74, 6) is 0.917. The number of benzene rings is 1. The molecule has 0 spiro atoms. The lowest BCUT2D eigenvalue weighted by atomic mass is 10.2. The van der Waals surface area contributed by atoms with Crippen molar-refractivity contribution in [2.24, 2.45) is 0 Å². The minimum absolute atomic E-state index is 0.0648. The number of rotatable bonds is 7. The molecule has 1 amide bonds. The van der Waals surface area contributed by atoms with Crippen molar-refractivity contribution in [3.05, 3.63) is 50.3 Å². The van der Waals surface area contributed by atoms with Crippen LogP contribution in [0.3, 0.4) is 0 Å². The van der Waals surface area contributed by atoms with Crippen LogP contribution in [0, 0.1) is 6.92 Å². The van der Waals surface area contributed by atoms with Crippen molar-refractivity contribution < 1.29 is 19.7 Å². The van der Waals surface area contributed by atoms with E-state index in [2.05, 4.69) is 28.2 Å². The smallest absolute Gasteiger partial charge is 0.404 e. The van der Waals surface area contributed by atoms with Gasteiger partial charge in [-0.25, -0.2) is 4.79 Å². The Morgan fingerprint density at radius 3 is 2.06 bits per heavy atom. The van der Waals surface area contributed by atoms with Crippen molar-refractivity contribution >= 4 is 17.5 Å². The van der Waals surface area contributed by atoms with Crippen molar-refractivity contribution in [3.8, 4) is 5.75 Å². The summed E-state index contributed by atoms with van der Waals surface area (Å²) in [7, 11) is 1.67. The number of anilines is 2. The number of nitrogens with one attached hydrogen (secondary N) is 4. The van der Waals surface area contributed by atoms with Gasteiger partial charge >= 0.3 is 6.09 Å². The number of amides is 1. The highest BCUT2D eigenvalue weighted by molar-refractivity contribution is 5.74. The first-order valence-corrected chi connectivity index (χ1v) is 11.1. The molecule has 6 N–H and O–H groups in total. The van der Waals surface area contributed by atoms with Gasteiger partial charge in [0.2, 0.25) is 0 Å². The van der Waals surface area contributed by atoms with E-state index in [0.29, 0.717) is 6.54 Å². The van der Waals surface area contributed by atoms with E-state index in [-0.39, 0.29) is 30.6 Å². The second-order valence-corrected chi connectivity index (χ2v) is 6.76. The number of aliphatic hydroxyl groups excluding tert-OH is 1. The molecule has 0 bridgehead atoms. The Kier molecular flexibility index (Phi) is 15.8. The monoisotopic (exact) mass is 466 g/mol. The summed E-state index contributed by atoms with van der Waals surface area (Å²) in [5, 5.41) is 27.6. The molecular formula is C23H38N4O6. The Balaban J connectivity index is 0.000000503. The Bertz CT molecular complexity index is 857. The van der Waals surface area contributed by atoms with Crippen molar-refractivity contribution in [1.29, 1.82) is 0 Å². The van der Waals surface area contributed by atoms with Crippen molar-refractivity contribution in [2.75, 3.05) is 50.5 Å². The molecule has 1 saturated heterocycles. The third kappa shape index (κ3) is 11.9. The van der Waals surface area contributed by atoms with E-state index < -0.39 is 17.0 Å². The molecule has 2 aromatic rings. The van der Waals surface area contributed by atoms with Crippen molar-refractivity contribution in [3.63, 3.8) is 0 Å². The maximum atomic E-state index is 11.1. The summed E-state index contributed by atoms with van der Waals surface area (Å²) >= 11 is 0. The highest BCUT2D eigenvalue weighted by atomic mass is 16.5. The van der Waals surface area contributed by atoms with Crippen LogP contribution in [0.4, 0.5) is 16.2 Å². The molecule has 10 heteroatoms. The third-order valence-electron chi connectivity index (χ3n) is 4.26. The van der Waals surface area contributed by atoms with Gasteiger partial charge in [0.05, 0.1) is 13.2 Å². The Morgan fingerprint density at radius 2 is 1.67 bits per heavy atom. The van der Waals surface area contributed by atoms with Crippen LogP contribution in [0.25, 0.3) is 0 Å². The van der Waals surface area contributed by atoms with Crippen LogP contribution >= 0.6 is 0 Å².